The Morgan fingerprint density at radius 1 is 1.26 bits per heavy atom. The van der Waals surface area contributed by atoms with E-state index in [9.17, 15) is 14.0 Å². The maximum absolute atomic E-state index is 14.7. The van der Waals surface area contributed by atoms with Crippen molar-refractivity contribution in [1.82, 2.24) is 9.55 Å². The molecule has 2 aliphatic rings. The molecule has 1 amide bonds. The van der Waals surface area contributed by atoms with Crippen molar-refractivity contribution in [2.75, 3.05) is 19.0 Å². The Bertz CT molecular complexity index is 961. The molecular weight excluding hydrogens is 347 g/mol. The maximum Gasteiger partial charge on any atom is 0.267 e. The molecule has 1 heterocycles. The minimum Gasteiger partial charge on any atom is -0.364 e. The molecule has 2 fully saturated rings. The van der Waals surface area contributed by atoms with Crippen LogP contribution in [0, 0.1) is 11.7 Å². The molecule has 1 aromatic carbocycles. The van der Waals surface area contributed by atoms with Crippen LogP contribution >= 0.6 is 0 Å². The summed E-state index contributed by atoms with van der Waals surface area (Å²) in [4.78, 5) is 30.4. The second-order valence-electron chi connectivity index (χ2n) is 7.75. The van der Waals surface area contributed by atoms with Crippen LogP contribution in [0.4, 0.5) is 10.3 Å². The van der Waals surface area contributed by atoms with Crippen LogP contribution in [-0.2, 0) is 0 Å². The van der Waals surface area contributed by atoms with Crippen LogP contribution in [0.25, 0.3) is 0 Å². The lowest BCUT2D eigenvalue weighted by molar-refractivity contribution is 0.0995. The van der Waals surface area contributed by atoms with E-state index < -0.39 is 5.91 Å². The van der Waals surface area contributed by atoms with Crippen molar-refractivity contribution in [2.45, 2.75) is 37.6 Å². The molecule has 0 spiro atoms. The first-order valence-corrected chi connectivity index (χ1v) is 9.27. The number of hydrogen-bond acceptors (Lipinski definition) is 4. The summed E-state index contributed by atoms with van der Waals surface area (Å²) in [6.07, 6.45) is 4.00. The highest BCUT2D eigenvalue weighted by molar-refractivity contribution is 5.90. The van der Waals surface area contributed by atoms with E-state index in [1.165, 1.54) is 6.07 Å². The van der Waals surface area contributed by atoms with E-state index >= 15 is 0 Å². The number of rotatable bonds is 6. The second-order valence-corrected chi connectivity index (χ2v) is 7.75. The lowest BCUT2D eigenvalue weighted by atomic mass is 9.98. The zero-order valence-electron chi connectivity index (χ0n) is 15.5. The van der Waals surface area contributed by atoms with E-state index in [-0.39, 0.29) is 29.0 Å². The van der Waals surface area contributed by atoms with Crippen molar-refractivity contribution in [1.29, 1.82) is 0 Å². The molecule has 0 aliphatic heterocycles. The normalized spacial score (nSPS) is 17.6. The number of aromatic nitrogens is 2. The third-order valence-corrected chi connectivity index (χ3v) is 5.32. The molecule has 0 unspecified atom stereocenters. The molecule has 1 atom stereocenters. The highest BCUT2D eigenvalue weighted by Gasteiger charge is 2.37. The minimum atomic E-state index is -0.745. The number of amides is 1. The lowest BCUT2D eigenvalue weighted by Crippen LogP contribution is -2.34. The van der Waals surface area contributed by atoms with Crippen molar-refractivity contribution < 1.29 is 9.18 Å². The number of anilines is 1. The summed E-state index contributed by atoms with van der Waals surface area (Å²) in [7, 11) is 3.51. The predicted octanol–water partition coefficient (Wildman–Crippen LogP) is 2.42. The van der Waals surface area contributed by atoms with Crippen LogP contribution in [0.2, 0.25) is 0 Å². The largest absolute Gasteiger partial charge is 0.364 e. The molecule has 2 aromatic rings. The maximum atomic E-state index is 14.7. The molecule has 6 nitrogen and oxygen atoms in total. The van der Waals surface area contributed by atoms with Crippen LogP contribution < -0.4 is 16.2 Å². The second kappa shape index (κ2) is 6.48. The van der Waals surface area contributed by atoms with Gasteiger partial charge >= 0.3 is 0 Å². The van der Waals surface area contributed by atoms with E-state index in [2.05, 4.69) is 4.98 Å². The summed E-state index contributed by atoms with van der Waals surface area (Å²) in [6, 6.07) is 6.19. The van der Waals surface area contributed by atoms with E-state index in [1.54, 1.807) is 29.6 Å². The fourth-order valence-electron chi connectivity index (χ4n) is 3.68. The number of carbonyl (C=O) groups is 1. The van der Waals surface area contributed by atoms with Crippen molar-refractivity contribution in [3.8, 4) is 0 Å². The number of primary amides is 1. The molecule has 0 radical (unpaired) electrons. The summed E-state index contributed by atoms with van der Waals surface area (Å²) in [5.74, 6) is -0.0318. The Morgan fingerprint density at radius 2 is 1.96 bits per heavy atom. The molecule has 0 bridgehead atoms. The van der Waals surface area contributed by atoms with E-state index in [0.29, 0.717) is 11.9 Å². The Kier molecular flexibility index (Phi) is 4.25. The Labute approximate surface area is 156 Å². The van der Waals surface area contributed by atoms with Crippen LogP contribution in [0.1, 0.15) is 59.3 Å². The first kappa shape index (κ1) is 17.7. The number of nitrogens with two attached hydrogens (primary N) is 1. The van der Waals surface area contributed by atoms with E-state index in [0.717, 1.165) is 36.8 Å². The molecule has 2 aliphatic carbocycles. The van der Waals surface area contributed by atoms with E-state index in [4.69, 9.17) is 5.73 Å². The smallest absolute Gasteiger partial charge is 0.267 e. The third-order valence-electron chi connectivity index (χ3n) is 5.32. The van der Waals surface area contributed by atoms with Gasteiger partial charge in [0.25, 0.3) is 11.5 Å². The van der Waals surface area contributed by atoms with Crippen molar-refractivity contribution in [2.24, 2.45) is 11.7 Å². The van der Waals surface area contributed by atoms with Crippen LogP contribution in [0.5, 0.6) is 0 Å². The summed E-state index contributed by atoms with van der Waals surface area (Å²) >= 11 is 0. The van der Waals surface area contributed by atoms with Gasteiger partial charge in [-0.15, -0.1) is 0 Å². The zero-order chi connectivity index (χ0) is 19.3. The van der Waals surface area contributed by atoms with Gasteiger partial charge in [0.05, 0.1) is 6.04 Å². The molecule has 27 heavy (non-hydrogen) atoms. The number of nitrogens with zero attached hydrogens (tertiary/aromatic N) is 3. The van der Waals surface area contributed by atoms with Crippen LogP contribution in [-0.4, -0.2) is 29.6 Å². The Balaban J connectivity index is 1.84. The predicted molar refractivity (Wildman–Crippen MR) is 101 cm³/mol. The summed E-state index contributed by atoms with van der Waals surface area (Å²) in [5, 5.41) is 0. The first-order chi connectivity index (χ1) is 12.9. The number of benzene rings is 1. The minimum absolute atomic E-state index is 0.0650. The number of carbonyl (C=O) groups excluding carboxylic acids is 1. The summed E-state index contributed by atoms with van der Waals surface area (Å²) in [6.45, 7) is 0. The number of halogens is 1. The zero-order valence-corrected chi connectivity index (χ0v) is 15.5. The van der Waals surface area contributed by atoms with Crippen molar-refractivity contribution >= 4 is 11.9 Å². The fourth-order valence-corrected chi connectivity index (χ4v) is 3.68. The van der Waals surface area contributed by atoms with Crippen molar-refractivity contribution in [3.05, 3.63) is 57.3 Å². The van der Waals surface area contributed by atoms with Gasteiger partial charge in [0.1, 0.15) is 11.5 Å². The van der Waals surface area contributed by atoms with Crippen LogP contribution in [0.3, 0.4) is 0 Å². The Morgan fingerprint density at radius 3 is 2.48 bits per heavy atom. The monoisotopic (exact) mass is 370 g/mol. The molecule has 4 rings (SSSR count). The lowest BCUT2D eigenvalue weighted by Gasteiger charge is -2.26. The molecule has 2 N–H and O–H groups in total. The first-order valence-electron chi connectivity index (χ1n) is 9.27. The molecule has 0 saturated heterocycles. The van der Waals surface area contributed by atoms with E-state index in [1.807, 2.05) is 12.1 Å². The SMILES string of the molecule is CN(C)c1nc(C(N)=O)cc(=O)n1[C@@H](c1ccc(C2CC2)c(F)c1)C1CC1. The highest BCUT2D eigenvalue weighted by atomic mass is 19.1. The van der Waals surface area contributed by atoms with Gasteiger partial charge in [0, 0.05) is 20.2 Å². The average Bonchev–Trinajstić information content (AvgIpc) is 3.49. The molecule has 7 heteroatoms. The Hall–Kier alpha value is -2.70. The van der Waals surface area contributed by atoms with Gasteiger partial charge in [0.15, 0.2) is 0 Å². The molecular formula is C20H23FN4O2. The topological polar surface area (TPSA) is 81.2 Å². The van der Waals surface area contributed by atoms with Gasteiger partial charge < -0.3 is 10.6 Å². The molecule has 1 aromatic heterocycles. The van der Waals surface area contributed by atoms with Gasteiger partial charge in [-0.2, -0.15) is 0 Å². The fraction of sp³-hybridized carbons (Fsp3) is 0.450. The van der Waals surface area contributed by atoms with Crippen LogP contribution in [0.15, 0.2) is 29.1 Å². The van der Waals surface area contributed by atoms with Crippen molar-refractivity contribution in [3.63, 3.8) is 0 Å². The third kappa shape index (κ3) is 3.34. The standard InChI is InChI=1S/C20H23FN4O2/c1-24(2)20-23-16(19(22)27)10-17(26)25(20)18(12-5-6-12)13-7-8-14(11-3-4-11)15(21)9-13/h7-12,18H,3-6H2,1-2H3,(H2,22,27)/t18-/m1/s1. The average molecular weight is 370 g/mol. The van der Waals surface area contributed by atoms with Gasteiger partial charge in [-0.25, -0.2) is 9.37 Å². The van der Waals surface area contributed by atoms with Gasteiger partial charge in [-0.05, 0) is 54.7 Å². The highest BCUT2D eigenvalue weighted by Crippen LogP contribution is 2.46. The van der Waals surface area contributed by atoms with Gasteiger partial charge in [-0.3, -0.25) is 14.2 Å². The quantitative estimate of drug-likeness (QED) is 0.847. The molecule has 2 saturated carbocycles. The summed E-state index contributed by atoms with van der Waals surface area (Å²) < 4.78 is 16.2. The molecule has 142 valence electrons. The van der Waals surface area contributed by atoms with Gasteiger partial charge in [0.2, 0.25) is 5.95 Å². The number of hydrogen-bond donors (Lipinski definition) is 1. The van der Waals surface area contributed by atoms with Gasteiger partial charge in [-0.1, -0.05) is 12.1 Å². The summed E-state index contributed by atoms with van der Waals surface area (Å²) in [5.41, 5.74) is 6.42.